The summed E-state index contributed by atoms with van der Waals surface area (Å²) < 4.78 is 14.3. The van der Waals surface area contributed by atoms with Crippen LogP contribution in [0.1, 0.15) is 72.0 Å². The van der Waals surface area contributed by atoms with Crippen LogP contribution in [0.3, 0.4) is 0 Å². The number of fused-ring (bicyclic) bond motifs is 1. The number of likely N-dealkylation sites (tertiary alicyclic amines) is 1. The summed E-state index contributed by atoms with van der Waals surface area (Å²) in [5.41, 5.74) is 1.49. The Morgan fingerprint density at radius 3 is 2.76 bits per heavy atom. The maximum absolute atomic E-state index is 13.2. The number of pyridine rings is 1. The van der Waals surface area contributed by atoms with Gasteiger partial charge in [0, 0.05) is 22.9 Å². The molecule has 3 aromatic rings. The average molecular weight is 623 g/mol. The molecule has 4 rings (SSSR count). The molecule has 0 spiro atoms. The van der Waals surface area contributed by atoms with E-state index in [0.29, 0.717) is 54.4 Å². The molecule has 4 heterocycles. The number of carbonyl (C=O) groups is 1. The van der Waals surface area contributed by atoms with E-state index in [1.54, 1.807) is 11.1 Å². The fraction of sp³-hybridized carbons (Fsp3) is 0.577. The molecule has 11 heteroatoms. The smallest absolute Gasteiger partial charge is 0.410 e. The number of unbranched alkanes of at least 4 members (excludes halogenated alkanes) is 1. The highest BCUT2D eigenvalue weighted by Gasteiger charge is 2.31. The zero-order valence-corrected chi connectivity index (χ0v) is 24.3. The van der Waals surface area contributed by atoms with Crippen molar-refractivity contribution in [2.45, 2.75) is 78.4 Å². The number of piperidine rings is 1. The number of nitrogens with one attached hydrogen (secondary N) is 1. The highest BCUT2D eigenvalue weighted by molar-refractivity contribution is 14.1. The Morgan fingerprint density at radius 1 is 1.27 bits per heavy atom. The number of hydrogen-bond donors (Lipinski definition) is 1. The summed E-state index contributed by atoms with van der Waals surface area (Å²) in [5, 5.41) is 4.69. The molecular weight excluding hydrogens is 587 g/mol. The molecule has 0 saturated carbocycles. The summed E-state index contributed by atoms with van der Waals surface area (Å²) in [7, 11) is 0. The van der Waals surface area contributed by atoms with Crippen LogP contribution in [0.25, 0.3) is 22.4 Å². The first-order chi connectivity index (χ1) is 17.6. The second kappa shape index (κ2) is 11.4. The van der Waals surface area contributed by atoms with Crippen molar-refractivity contribution in [2.75, 3.05) is 19.7 Å². The maximum Gasteiger partial charge on any atom is 0.410 e. The number of nitrogens with zero attached hydrogens (tertiary/aromatic N) is 5. The number of rotatable bonds is 7. The predicted octanol–water partition coefficient (Wildman–Crippen LogP) is 5.10. The minimum atomic E-state index is -0.560. The van der Waals surface area contributed by atoms with Crippen molar-refractivity contribution in [1.82, 2.24) is 29.6 Å². The van der Waals surface area contributed by atoms with Gasteiger partial charge in [-0.3, -0.25) is 9.48 Å². The number of halogens is 1. The number of aromatic nitrogens is 5. The quantitative estimate of drug-likeness (QED) is 0.288. The highest BCUT2D eigenvalue weighted by Crippen LogP contribution is 2.30. The van der Waals surface area contributed by atoms with Gasteiger partial charge in [-0.15, -0.1) is 0 Å². The van der Waals surface area contributed by atoms with Crippen molar-refractivity contribution >= 4 is 39.7 Å². The highest BCUT2D eigenvalue weighted by atomic mass is 127. The molecule has 1 N–H and O–H groups in total. The standard InChI is InChI=1S/C26H35IN6O4/c1-6-8-12-36-24-18(13-16(27)14-28-24)22-29-20-19(7-2)33(31-21(20)23(34)30-22)17-10-9-11-32(15-17)25(35)37-26(3,4)5/h13-14,17H,6-12,15H2,1-5H3,(H,29,30,34). The molecule has 0 aromatic carbocycles. The monoisotopic (exact) mass is 622 g/mol. The second-order valence-corrected chi connectivity index (χ2v) is 11.5. The molecule has 0 radical (unpaired) electrons. The van der Waals surface area contributed by atoms with Crippen molar-refractivity contribution in [3.05, 3.63) is 31.9 Å². The summed E-state index contributed by atoms with van der Waals surface area (Å²) in [5.74, 6) is 0.852. The van der Waals surface area contributed by atoms with E-state index in [1.165, 1.54) is 0 Å². The van der Waals surface area contributed by atoms with E-state index in [0.717, 1.165) is 34.9 Å². The fourth-order valence-electron chi connectivity index (χ4n) is 4.47. The number of aryl methyl sites for hydroxylation is 1. The molecule has 1 atom stereocenters. The summed E-state index contributed by atoms with van der Waals surface area (Å²) in [6, 6.07) is 1.84. The lowest BCUT2D eigenvalue weighted by atomic mass is 10.1. The van der Waals surface area contributed by atoms with Gasteiger partial charge in [0.25, 0.3) is 5.56 Å². The van der Waals surface area contributed by atoms with Gasteiger partial charge >= 0.3 is 6.09 Å². The average Bonchev–Trinajstić information content (AvgIpc) is 3.23. The largest absolute Gasteiger partial charge is 0.477 e. The second-order valence-electron chi connectivity index (χ2n) is 10.3. The molecule has 200 valence electrons. The molecular formula is C26H35IN6O4. The number of amides is 1. The zero-order chi connectivity index (χ0) is 26.7. The Labute approximate surface area is 230 Å². The minimum Gasteiger partial charge on any atom is -0.477 e. The van der Waals surface area contributed by atoms with E-state index < -0.39 is 5.60 Å². The molecule has 1 fully saturated rings. The summed E-state index contributed by atoms with van der Waals surface area (Å²) in [6.07, 6.45) is 5.63. The molecule has 3 aromatic heterocycles. The predicted molar refractivity (Wildman–Crippen MR) is 150 cm³/mol. The Kier molecular flexibility index (Phi) is 8.39. The van der Waals surface area contributed by atoms with Crippen molar-refractivity contribution in [2.24, 2.45) is 0 Å². The lowest BCUT2D eigenvalue weighted by Gasteiger charge is -2.34. The number of ether oxygens (including phenoxy) is 2. The van der Waals surface area contributed by atoms with E-state index in [-0.39, 0.29) is 17.7 Å². The van der Waals surface area contributed by atoms with E-state index in [2.05, 4.69) is 39.5 Å². The summed E-state index contributed by atoms with van der Waals surface area (Å²) in [6.45, 7) is 11.4. The molecule has 1 aliphatic heterocycles. The van der Waals surface area contributed by atoms with Gasteiger partial charge in [-0.05, 0) is 75.1 Å². The van der Waals surface area contributed by atoms with Crippen LogP contribution in [0.4, 0.5) is 4.79 Å². The Balaban J connectivity index is 1.71. The normalized spacial score (nSPS) is 16.3. The van der Waals surface area contributed by atoms with Gasteiger partial charge in [-0.1, -0.05) is 20.3 Å². The third kappa shape index (κ3) is 6.24. The Morgan fingerprint density at radius 2 is 2.05 bits per heavy atom. The summed E-state index contributed by atoms with van der Waals surface area (Å²) in [4.78, 5) is 39.8. The molecule has 0 bridgehead atoms. The van der Waals surface area contributed by atoms with Crippen molar-refractivity contribution in [1.29, 1.82) is 0 Å². The fourth-order valence-corrected chi connectivity index (χ4v) is 4.92. The molecule has 1 amide bonds. The van der Waals surface area contributed by atoms with Crippen LogP contribution in [0.15, 0.2) is 17.1 Å². The Hall–Kier alpha value is -2.70. The van der Waals surface area contributed by atoms with Crippen LogP contribution in [0.2, 0.25) is 0 Å². The van der Waals surface area contributed by atoms with Crippen LogP contribution >= 0.6 is 22.6 Å². The van der Waals surface area contributed by atoms with E-state index >= 15 is 0 Å². The number of aromatic amines is 1. The van der Waals surface area contributed by atoms with Gasteiger partial charge in [0.05, 0.1) is 23.9 Å². The molecule has 1 unspecified atom stereocenters. The maximum atomic E-state index is 13.2. The third-order valence-corrected chi connectivity index (χ3v) is 6.78. The third-order valence-electron chi connectivity index (χ3n) is 6.19. The van der Waals surface area contributed by atoms with Crippen LogP contribution in [-0.2, 0) is 11.2 Å². The van der Waals surface area contributed by atoms with Crippen LogP contribution < -0.4 is 10.3 Å². The molecule has 10 nitrogen and oxygen atoms in total. The first kappa shape index (κ1) is 27.3. The van der Waals surface area contributed by atoms with Crippen molar-refractivity contribution < 1.29 is 14.3 Å². The first-order valence-corrected chi connectivity index (χ1v) is 14.0. The van der Waals surface area contributed by atoms with Gasteiger partial charge in [0.2, 0.25) is 5.88 Å². The van der Waals surface area contributed by atoms with E-state index in [1.807, 2.05) is 38.4 Å². The molecule has 37 heavy (non-hydrogen) atoms. The van der Waals surface area contributed by atoms with Crippen molar-refractivity contribution in [3.8, 4) is 17.3 Å². The molecule has 1 aliphatic rings. The topological polar surface area (TPSA) is 115 Å². The summed E-state index contributed by atoms with van der Waals surface area (Å²) >= 11 is 2.19. The van der Waals surface area contributed by atoms with Crippen molar-refractivity contribution in [3.63, 3.8) is 0 Å². The Bertz CT molecular complexity index is 1330. The van der Waals surface area contributed by atoms with E-state index in [4.69, 9.17) is 19.6 Å². The van der Waals surface area contributed by atoms with E-state index in [9.17, 15) is 9.59 Å². The van der Waals surface area contributed by atoms with Gasteiger partial charge in [-0.2, -0.15) is 5.10 Å². The lowest BCUT2D eigenvalue weighted by molar-refractivity contribution is 0.0166. The van der Waals surface area contributed by atoms with Gasteiger partial charge in [-0.25, -0.2) is 14.8 Å². The van der Waals surface area contributed by atoms with Crippen LogP contribution in [0, 0.1) is 3.57 Å². The number of hydrogen-bond acceptors (Lipinski definition) is 7. The lowest BCUT2D eigenvalue weighted by Crippen LogP contribution is -2.43. The minimum absolute atomic E-state index is 0.0689. The van der Waals surface area contributed by atoms with Gasteiger partial charge in [0.15, 0.2) is 5.52 Å². The van der Waals surface area contributed by atoms with Gasteiger partial charge < -0.3 is 19.4 Å². The zero-order valence-electron chi connectivity index (χ0n) is 22.1. The SMILES string of the molecule is CCCCOc1ncc(I)cc1-c1nc2c(CC)n(C3CCCN(C(=O)OC(C)(C)C)C3)nc2c(=O)[nH]1. The number of H-pyrrole nitrogens is 1. The molecule has 1 saturated heterocycles. The number of carbonyl (C=O) groups excluding carboxylic acids is 1. The first-order valence-electron chi connectivity index (χ1n) is 12.9. The van der Waals surface area contributed by atoms with Gasteiger partial charge in [0.1, 0.15) is 16.9 Å². The molecule has 0 aliphatic carbocycles. The van der Waals surface area contributed by atoms with Crippen LogP contribution in [0.5, 0.6) is 5.88 Å². The van der Waals surface area contributed by atoms with Crippen LogP contribution in [-0.4, -0.2) is 61.0 Å².